The lowest BCUT2D eigenvalue weighted by molar-refractivity contribution is -0.120. The van der Waals surface area contributed by atoms with Gasteiger partial charge in [0.15, 0.2) is 0 Å². The van der Waals surface area contributed by atoms with Crippen molar-refractivity contribution in [2.75, 3.05) is 0 Å². The lowest BCUT2D eigenvalue weighted by Crippen LogP contribution is -2.35. The first-order valence-corrected chi connectivity index (χ1v) is 8.93. The highest BCUT2D eigenvalue weighted by molar-refractivity contribution is 7.85. The second-order valence-electron chi connectivity index (χ2n) is 5.44. The molecule has 0 heterocycles. The largest absolute Gasteiger partial charge is 0.366 e. The summed E-state index contributed by atoms with van der Waals surface area (Å²) in [6, 6.07) is 16.2. The predicted octanol–water partition coefficient (Wildman–Crippen LogP) is 1.74. The van der Waals surface area contributed by atoms with Gasteiger partial charge < -0.3 is 11.1 Å². The average Bonchev–Trinajstić information content (AvgIpc) is 2.60. The molecule has 2 aromatic rings. The third kappa shape index (κ3) is 5.03. The van der Waals surface area contributed by atoms with Crippen molar-refractivity contribution in [3.63, 3.8) is 0 Å². The Morgan fingerprint density at radius 2 is 1.75 bits per heavy atom. The maximum atomic E-state index is 12.4. The molecule has 0 saturated heterocycles. The van der Waals surface area contributed by atoms with Crippen LogP contribution in [0.15, 0.2) is 54.6 Å². The first-order valence-electron chi connectivity index (χ1n) is 7.55. The number of benzene rings is 2. The molecule has 2 aromatic carbocycles. The van der Waals surface area contributed by atoms with Gasteiger partial charge in [-0.2, -0.15) is 0 Å². The van der Waals surface area contributed by atoms with Gasteiger partial charge in [0.1, 0.15) is 5.25 Å². The Kier molecular flexibility index (Phi) is 6.26. The normalized spacial score (nSPS) is 13.0. The quantitative estimate of drug-likeness (QED) is 0.802. The number of hydrogen-bond donors (Lipinski definition) is 2. The van der Waals surface area contributed by atoms with Crippen LogP contribution in [0.4, 0.5) is 0 Å². The van der Waals surface area contributed by atoms with Crippen LogP contribution in [0.5, 0.6) is 0 Å². The van der Waals surface area contributed by atoms with E-state index in [1.165, 1.54) is 0 Å². The zero-order valence-electron chi connectivity index (χ0n) is 13.4. The van der Waals surface area contributed by atoms with Crippen LogP contribution < -0.4 is 11.1 Å². The van der Waals surface area contributed by atoms with Crippen LogP contribution in [0, 0.1) is 0 Å². The fourth-order valence-corrected chi connectivity index (χ4v) is 3.23. The molecule has 6 heteroatoms. The highest BCUT2D eigenvalue weighted by Crippen LogP contribution is 2.10. The van der Waals surface area contributed by atoms with Crippen molar-refractivity contribution in [1.82, 2.24) is 5.32 Å². The summed E-state index contributed by atoms with van der Waals surface area (Å²) in [5, 5.41) is 2.14. The van der Waals surface area contributed by atoms with Crippen molar-refractivity contribution in [2.45, 2.75) is 24.5 Å². The van der Waals surface area contributed by atoms with Crippen molar-refractivity contribution < 1.29 is 13.8 Å². The molecule has 0 bridgehead atoms. The summed E-state index contributed by atoms with van der Waals surface area (Å²) in [7, 11) is -1.39. The van der Waals surface area contributed by atoms with E-state index in [2.05, 4.69) is 5.32 Å². The number of rotatable bonds is 7. The Labute approximate surface area is 143 Å². The summed E-state index contributed by atoms with van der Waals surface area (Å²) in [4.78, 5) is 23.3. The minimum Gasteiger partial charge on any atom is -0.366 e. The molecule has 0 aromatic heterocycles. The van der Waals surface area contributed by atoms with Crippen molar-refractivity contribution in [2.24, 2.45) is 5.73 Å². The fraction of sp³-hybridized carbons (Fsp3) is 0.222. The summed E-state index contributed by atoms with van der Waals surface area (Å²) in [6.45, 7) is 2.03. The van der Waals surface area contributed by atoms with E-state index in [1.807, 2.05) is 30.3 Å². The third-order valence-corrected chi connectivity index (χ3v) is 5.21. The van der Waals surface area contributed by atoms with Crippen molar-refractivity contribution in [1.29, 1.82) is 0 Å². The molecule has 0 unspecified atom stereocenters. The highest BCUT2D eigenvalue weighted by Gasteiger charge is 2.20. The molecule has 2 atom stereocenters. The van der Waals surface area contributed by atoms with E-state index in [4.69, 9.17) is 5.73 Å². The zero-order chi connectivity index (χ0) is 17.5. The van der Waals surface area contributed by atoms with Gasteiger partial charge in [0, 0.05) is 28.7 Å². The summed E-state index contributed by atoms with van der Waals surface area (Å²) < 4.78 is 12.4. The van der Waals surface area contributed by atoms with Gasteiger partial charge in [-0.1, -0.05) is 42.5 Å². The van der Waals surface area contributed by atoms with Crippen molar-refractivity contribution >= 4 is 22.6 Å². The van der Waals surface area contributed by atoms with E-state index in [0.717, 1.165) is 5.56 Å². The van der Waals surface area contributed by atoms with E-state index in [0.29, 0.717) is 17.7 Å². The van der Waals surface area contributed by atoms with E-state index < -0.39 is 22.0 Å². The van der Waals surface area contributed by atoms with Gasteiger partial charge in [-0.15, -0.1) is 0 Å². The molecule has 24 heavy (non-hydrogen) atoms. The smallest absolute Gasteiger partial charge is 0.248 e. The van der Waals surface area contributed by atoms with Crippen LogP contribution in [-0.4, -0.2) is 21.3 Å². The molecule has 0 aliphatic heterocycles. The molecule has 2 amide bonds. The molecule has 0 saturated carbocycles. The number of hydrogen-bond acceptors (Lipinski definition) is 3. The Balaban J connectivity index is 1.92. The van der Waals surface area contributed by atoms with E-state index in [1.54, 1.807) is 31.2 Å². The topological polar surface area (TPSA) is 89.3 Å². The molecule has 5 nitrogen and oxygen atoms in total. The van der Waals surface area contributed by atoms with Crippen LogP contribution in [0.25, 0.3) is 0 Å². The van der Waals surface area contributed by atoms with Crippen LogP contribution in [-0.2, 0) is 27.9 Å². The molecular weight excluding hydrogens is 324 g/mol. The lowest BCUT2D eigenvalue weighted by atomic mass is 10.1. The molecule has 0 radical (unpaired) electrons. The standard InChI is InChI=1S/C18H20N2O3S/c1-13(18(22)20-11-14-6-3-2-4-7-14)24(23)12-15-8-5-9-16(10-15)17(19)21/h2-10,13H,11-12H2,1H3,(H2,19,21)(H,20,22)/t13-,24+/m1/s1. The lowest BCUT2D eigenvalue weighted by Gasteiger charge is -2.12. The summed E-state index contributed by atoms with van der Waals surface area (Å²) in [5.41, 5.74) is 7.30. The molecular formula is C18H20N2O3S. The number of nitrogens with one attached hydrogen (secondary N) is 1. The first kappa shape index (κ1) is 17.9. The van der Waals surface area contributed by atoms with Gasteiger partial charge >= 0.3 is 0 Å². The maximum Gasteiger partial charge on any atom is 0.248 e. The number of nitrogens with two attached hydrogens (primary N) is 1. The van der Waals surface area contributed by atoms with Gasteiger partial charge in [0.25, 0.3) is 0 Å². The monoisotopic (exact) mass is 344 g/mol. The molecule has 0 spiro atoms. The fourth-order valence-electron chi connectivity index (χ4n) is 2.15. The van der Waals surface area contributed by atoms with Crippen LogP contribution in [0.2, 0.25) is 0 Å². The summed E-state index contributed by atoms with van der Waals surface area (Å²) >= 11 is 0. The third-order valence-electron chi connectivity index (χ3n) is 3.59. The van der Waals surface area contributed by atoms with Gasteiger partial charge in [0.05, 0.1) is 0 Å². The van der Waals surface area contributed by atoms with E-state index in [-0.39, 0.29) is 11.7 Å². The highest BCUT2D eigenvalue weighted by atomic mass is 32.2. The van der Waals surface area contributed by atoms with Gasteiger partial charge in [-0.25, -0.2) is 0 Å². The number of amides is 2. The Morgan fingerprint density at radius 3 is 2.42 bits per heavy atom. The maximum absolute atomic E-state index is 12.4. The van der Waals surface area contributed by atoms with Crippen molar-refractivity contribution in [3.05, 3.63) is 71.3 Å². The Morgan fingerprint density at radius 1 is 1.08 bits per heavy atom. The average molecular weight is 344 g/mol. The first-order chi connectivity index (χ1) is 11.5. The number of primary amides is 1. The zero-order valence-corrected chi connectivity index (χ0v) is 14.2. The predicted molar refractivity (Wildman–Crippen MR) is 94.6 cm³/mol. The second kappa shape index (κ2) is 8.40. The minimum atomic E-state index is -1.39. The van der Waals surface area contributed by atoms with Crippen LogP contribution in [0.1, 0.15) is 28.4 Å². The molecule has 0 aliphatic rings. The van der Waals surface area contributed by atoms with E-state index in [9.17, 15) is 13.8 Å². The number of carbonyl (C=O) groups is 2. The molecule has 3 N–H and O–H groups in total. The second-order valence-corrected chi connectivity index (χ2v) is 7.19. The Bertz CT molecular complexity index is 747. The van der Waals surface area contributed by atoms with Gasteiger partial charge in [-0.3, -0.25) is 13.8 Å². The SMILES string of the molecule is C[C@H](C(=O)NCc1ccccc1)[S@@](=O)Cc1cccc(C(N)=O)c1. The summed E-state index contributed by atoms with van der Waals surface area (Å²) in [6.07, 6.45) is 0. The minimum absolute atomic E-state index is 0.195. The molecule has 0 fully saturated rings. The molecule has 126 valence electrons. The van der Waals surface area contributed by atoms with Gasteiger partial charge in [-0.05, 0) is 30.2 Å². The van der Waals surface area contributed by atoms with Crippen LogP contribution in [0.3, 0.4) is 0 Å². The van der Waals surface area contributed by atoms with Gasteiger partial charge in [0.2, 0.25) is 11.8 Å². The number of carbonyl (C=O) groups excluding carboxylic acids is 2. The Hall–Kier alpha value is -2.47. The van der Waals surface area contributed by atoms with E-state index >= 15 is 0 Å². The summed E-state index contributed by atoms with van der Waals surface area (Å²) in [5.74, 6) is -0.597. The van der Waals surface area contributed by atoms with Crippen molar-refractivity contribution in [3.8, 4) is 0 Å². The molecule has 2 rings (SSSR count). The van der Waals surface area contributed by atoms with Crippen LogP contribution >= 0.6 is 0 Å². The molecule has 0 aliphatic carbocycles.